The van der Waals surface area contributed by atoms with Crippen LogP contribution >= 0.6 is 12.6 Å². The number of hydrogen-bond donors (Lipinski definition) is 2. The Labute approximate surface area is 75.4 Å². The Kier molecular flexibility index (Phi) is 1.80. The summed E-state index contributed by atoms with van der Waals surface area (Å²) in [5.74, 6) is 0.122. The SMILES string of the molecule is O=C1CC(S)CN1c1cn[nH]c1. The number of aromatic amines is 1. The van der Waals surface area contributed by atoms with E-state index in [1.807, 2.05) is 0 Å². The number of carbonyl (C=O) groups excluding carboxylic acids is 1. The maximum atomic E-state index is 11.3. The Morgan fingerprint density at radius 1 is 1.75 bits per heavy atom. The van der Waals surface area contributed by atoms with Gasteiger partial charge in [0.15, 0.2) is 0 Å². The fraction of sp³-hybridized carbons (Fsp3) is 0.429. The third-order valence-corrected chi connectivity index (χ3v) is 2.25. The van der Waals surface area contributed by atoms with Gasteiger partial charge in [-0.3, -0.25) is 9.89 Å². The van der Waals surface area contributed by atoms with Gasteiger partial charge in [0.1, 0.15) is 0 Å². The van der Waals surface area contributed by atoms with Gasteiger partial charge in [0.2, 0.25) is 5.91 Å². The van der Waals surface area contributed by atoms with Gasteiger partial charge < -0.3 is 4.90 Å². The first-order valence-corrected chi connectivity index (χ1v) is 4.26. The number of rotatable bonds is 1. The van der Waals surface area contributed by atoms with E-state index in [2.05, 4.69) is 22.8 Å². The van der Waals surface area contributed by atoms with Gasteiger partial charge in [0.05, 0.1) is 11.9 Å². The molecule has 1 saturated heterocycles. The van der Waals surface area contributed by atoms with Crippen LogP contribution in [0.3, 0.4) is 0 Å². The molecule has 1 aromatic heterocycles. The molecule has 0 aromatic carbocycles. The molecular formula is C7H9N3OS. The Morgan fingerprint density at radius 3 is 3.08 bits per heavy atom. The van der Waals surface area contributed by atoms with Gasteiger partial charge in [-0.15, -0.1) is 0 Å². The molecule has 1 N–H and O–H groups in total. The van der Waals surface area contributed by atoms with Crippen LogP contribution in [0.5, 0.6) is 0 Å². The zero-order valence-corrected chi connectivity index (χ0v) is 7.29. The summed E-state index contributed by atoms with van der Waals surface area (Å²) in [4.78, 5) is 13.0. The molecule has 1 fully saturated rings. The monoisotopic (exact) mass is 183 g/mol. The molecule has 0 spiro atoms. The van der Waals surface area contributed by atoms with E-state index >= 15 is 0 Å². The second-order valence-corrected chi connectivity index (χ2v) is 3.55. The second kappa shape index (κ2) is 2.82. The summed E-state index contributed by atoms with van der Waals surface area (Å²) in [6, 6.07) is 0. The smallest absolute Gasteiger partial charge is 0.228 e. The van der Waals surface area contributed by atoms with Crippen LogP contribution < -0.4 is 4.90 Å². The average molecular weight is 183 g/mol. The van der Waals surface area contributed by atoms with E-state index < -0.39 is 0 Å². The Hall–Kier alpha value is -0.970. The molecule has 2 rings (SSSR count). The third-order valence-electron chi connectivity index (χ3n) is 1.90. The van der Waals surface area contributed by atoms with E-state index in [0.717, 1.165) is 5.69 Å². The Bertz CT molecular complexity index is 285. The molecule has 1 unspecified atom stereocenters. The second-order valence-electron chi connectivity index (χ2n) is 2.82. The van der Waals surface area contributed by atoms with E-state index in [9.17, 15) is 4.79 Å². The lowest BCUT2D eigenvalue weighted by Gasteiger charge is -2.11. The van der Waals surface area contributed by atoms with Crippen molar-refractivity contribution in [3.05, 3.63) is 12.4 Å². The molecule has 4 nitrogen and oxygen atoms in total. The number of hydrogen-bond acceptors (Lipinski definition) is 3. The maximum Gasteiger partial charge on any atom is 0.228 e. The average Bonchev–Trinajstić information content (AvgIpc) is 2.58. The summed E-state index contributed by atoms with van der Waals surface area (Å²) < 4.78 is 0. The molecule has 2 heterocycles. The largest absolute Gasteiger partial charge is 0.308 e. The van der Waals surface area contributed by atoms with Crippen molar-refractivity contribution in [1.82, 2.24) is 10.2 Å². The molecule has 1 aromatic rings. The Morgan fingerprint density at radius 2 is 2.58 bits per heavy atom. The first-order chi connectivity index (χ1) is 5.77. The molecule has 1 amide bonds. The van der Waals surface area contributed by atoms with Crippen LogP contribution in [0.4, 0.5) is 5.69 Å². The molecule has 0 radical (unpaired) electrons. The molecule has 0 saturated carbocycles. The van der Waals surface area contributed by atoms with Crippen LogP contribution in [0.2, 0.25) is 0 Å². The van der Waals surface area contributed by atoms with Gasteiger partial charge in [0, 0.05) is 24.4 Å². The molecule has 5 heteroatoms. The molecule has 12 heavy (non-hydrogen) atoms. The molecule has 64 valence electrons. The van der Waals surface area contributed by atoms with E-state index in [4.69, 9.17) is 0 Å². The maximum absolute atomic E-state index is 11.3. The molecule has 1 aliphatic rings. The first kappa shape index (κ1) is 7.67. The van der Waals surface area contributed by atoms with Crippen molar-refractivity contribution >= 4 is 24.2 Å². The number of carbonyl (C=O) groups is 1. The van der Waals surface area contributed by atoms with Gasteiger partial charge in [-0.2, -0.15) is 17.7 Å². The minimum Gasteiger partial charge on any atom is -0.308 e. The zero-order valence-electron chi connectivity index (χ0n) is 6.40. The van der Waals surface area contributed by atoms with Gasteiger partial charge in [-0.1, -0.05) is 0 Å². The number of nitrogens with one attached hydrogen (secondary N) is 1. The molecule has 0 aliphatic carbocycles. The molecule has 1 atom stereocenters. The highest BCUT2D eigenvalue weighted by Crippen LogP contribution is 2.22. The number of amides is 1. The number of anilines is 1. The van der Waals surface area contributed by atoms with Crippen LogP contribution in [0.15, 0.2) is 12.4 Å². The van der Waals surface area contributed by atoms with Gasteiger partial charge >= 0.3 is 0 Å². The number of nitrogens with zero attached hydrogens (tertiary/aromatic N) is 2. The number of aromatic nitrogens is 2. The van der Waals surface area contributed by atoms with Crippen molar-refractivity contribution in [3.8, 4) is 0 Å². The lowest BCUT2D eigenvalue weighted by molar-refractivity contribution is -0.117. The fourth-order valence-electron chi connectivity index (χ4n) is 1.33. The quantitative estimate of drug-likeness (QED) is 0.621. The highest BCUT2D eigenvalue weighted by Gasteiger charge is 2.28. The summed E-state index contributed by atoms with van der Waals surface area (Å²) in [5.41, 5.74) is 0.830. The van der Waals surface area contributed by atoms with Crippen molar-refractivity contribution < 1.29 is 4.79 Å². The lowest BCUT2D eigenvalue weighted by Crippen LogP contribution is -2.23. The minimum absolute atomic E-state index is 0.122. The molecule has 1 aliphatic heterocycles. The molecule has 0 bridgehead atoms. The van der Waals surface area contributed by atoms with Crippen LogP contribution in [-0.2, 0) is 4.79 Å². The Balaban J connectivity index is 2.21. The summed E-state index contributed by atoms with van der Waals surface area (Å²) in [6.45, 7) is 0.682. The first-order valence-electron chi connectivity index (χ1n) is 3.74. The summed E-state index contributed by atoms with van der Waals surface area (Å²) in [5, 5.41) is 6.62. The van der Waals surface area contributed by atoms with Crippen LogP contribution in [0.1, 0.15) is 6.42 Å². The van der Waals surface area contributed by atoms with Crippen molar-refractivity contribution in [2.24, 2.45) is 0 Å². The highest BCUT2D eigenvalue weighted by molar-refractivity contribution is 7.81. The number of thiol groups is 1. The summed E-state index contributed by atoms with van der Waals surface area (Å²) in [6.07, 6.45) is 3.88. The minimum atomic E-state index is 0.122. The van der Waals surface area contributed by atoms with Crippen LogP contribution in [0, 0.1) is 0 Å². The zero-order chi connectivity index (χ0) is 8.55. The van der Waals surface area contributed by atoms with E-state index in [1.165, 1.54) is 0 Å². The summed E-state index contributed by atoms with van der Waals surface area (Å²) in [7, 11) is 0. The van der Waals surface area contributed by atoms with Gasteiger partial charge in [-0.05, 0) is 0 Å². The van der Waals surface area contributed by atoms with Crippen molar-refractivity contribution in [2.75, 3.05) is 11.4 Å². The highest BCUT2D eigenvalue weighted by atomic mass is 32.1. The summed E-state index contributed by atoms with van der Waals surface area (Å²) >= 11 is 4.25. The van der Waals surface area contributed by atoms with E-state index in [0.29, 0.717) is 13.0 Å². The fourth-order valence-corrected chi connectivity index (χ4v) is 1.65. The van der Waals surface area contributed by atoms with Gasteiger partial charge in [0.25, 0.3) is 0 Å². The lowest BCUT2D eigenvalue weighted by atomic mass is 10.4. The third kappa shape index (κ3) is 1.20. The van der Waals surface area contributed by atoms with E-state index in [-0.39, 0.29) is 11.2 Å². The standard InChI is InChI=1S/C7H9N3OS/c11-7-1-6(12)4-10(7)5-2-8-9-3-5/h2-3,6,12H,1,4H2,(H,8,9). The van der Waals surface area contributed by atoms with Crippen molar-refractivity contribution in [3.63, 3.8) is 0 Å². The normalized spacial score (nSPS) is 23.6. The predicted octanol–water partition coefficient (Wildman–Crippen LogP) is 0.445. The van der Waals surface area contributed by atoms with Crippen LogP contribution in [-0.4, -0.2) is 27.9 Å². The number of H-pyrrole nitrogens is 1. The van der Waals surface area contributed by atoms with Crippen molar-refractivity contribution in [1.29, 1.82) is 0 Å². The van der Waals surface area contributed by atoms with Gasteiger partial charge in [-0.25, -0.2) is 0 Å². The predicted molar refractivity (Wildman–Crippen MR) is 48.3 cm³/mol. The van der Waals surface area contributed by atoms with Crippen LogP contribution in [0.25, 0.3) is 0 Å². The van der Waals surface area contributed by atoms with Crippen molar-refractivity contribution in [2.45, 2.75) is 11.7 Å². The topological polar surface area (TPSA) is 49.0 Å². The van der Waals surface area contributed by atoms with E-state index in [1.54, 1.807) is 17.3 Å². The molecular weight excluding hydrogens is 174 g/mol.